The Morgan fingerprint density at radius 1 is 1.24 bits per heavy atom. The first-order valence-corrected chi connectivity index (χ1v) is 9.44. The van der Waals surface area contributed by atoms with Crippen molar-refractivity contribution in [2.75, 3.05) is 0 Å². The number of carbonyl (C=O) groups is 1. The molecule has 1 unspecified atom stereocenters. The average Bonchev–Trinajstić information content (AvgIpc) is 3.32. The van der Waals surface area contributed by atoms with Gasteiger partial charge in [-0.15, -0.1) is 0 Å². The monoisotopic (exact) mass is 424 g/mol. The highest BCUT2D eigenvalue weighted by atomic mass is 35.5. The molecule has 2 atom stereocenters. The largest absolute Gasteiger partial charge is 0.445 e. The molecular formula is C20H16ClF3N2O3. The quantitative estimate of drug-likeness (QED) is 0.600. The molecule has 1 aliphatic rings. The molecule has 0 amide bonds. The van der Waals surface area contributed by atoms with Crippen LogP contribution in [0.25, 0.3) is 22.2 Å². The lowest BCUT2D eigenvalue weighted by Gasteiger charge is -2.14. The van der Waals surface area contributed by atoms with Gasteiger partial charge in [-0.2, -0.15) is 13.2 Å². The molecule has 2 heterocycles. The fraction of sp³-hybridized carbons (Fsp3) is 0.350. The molecule has 152 valence electrons. The summed E-state index contributed by atoms with van der Waals surface area (Å²) in [6.45, 7) is -0.317. The number of halogens is 4. The van der Waals surface area contributed by atoms with Gasteiger partial charge in [0.15, 0.2) is 5.78 Å². The Morgan fingerprint density at radius 2 is 1.97 bits per heavy atom. The van der Waals surface area contributed by atoms with Gasteiger partial charge in [0.2, 0.25) is 5.71 Å². The van der Waals surface area contributed by atoms with Crippen molar-refractivity contribution in [1.29, 1.82) is 0 Å². The predicted molar refractivity (Wildman–Crippen MR) is 101 cm³/mol. The van der Waals surface area contributed by atoms with Crippen LogP contribution >= 0.6 is 11.6 Å². The number of carbonyl (C=O) groups excluding carboxylic acids is 1. The molecule has 4 rings (SSSR count). The Labute approximate surface area is 168 Å². The zero-order valence-corrected chi connectivity index (χ0v) is 15.8. The van der Waals surface area contributed by atoms with Crippen molar-refractivity contribution in [2.24, 2.45) is 11.8 Å². The minimum absolute atomic E-state index is 0.0610. The summed E-state index contributed by atoms with van der Waals surface area (Å²) in [7, 11) is 0. The molecule has 0 bridgehead atoms. The third-order valence-corrected chi connectivity index (χ3v) is 5.64. The maximum Gasteiger partial charge on any atom is 0.391 e. The molecule has 0 aliphatic heterocycles. The van der Waals surface area contributed by atoms with Crippen molar-refractivity contribution in [1.82, 2.24) is 9.55 Å². The Hall–Kier alpha value is -2.61. The van der Waals surface area contributed by atoms with Crippen molar-refractivity contribution in [3.05, 3.63) is 52.2 Å². The molecule has 9 heteroatoms. The van der Waals surface area contributed by atoms with E-state index < -0.39 is 29.4 Å². The van der Waals surface area contributed by atoms with E-state index in [0.29, 0.717) is 16.1 Å². The summed E-state index contributed by atoms with van der Waals surface area (Å²) in [4.78, 5) is 29.5. The molecule has 1 saturated carbocycles. The van der Waals surface area contributed by atoms with E-state index in [1.807, 2.05) is 0 Å². The maximum absolute atomic E-state index is 12.9. The predicted octanol–water partition coefficient (Wildman–Crippen LogP) is 4.86. The van der Waals surface area contributed by atoms with Gasteiger partial charge in [0.05, 0.1) is 12.5 Å². The van der Waals surface area contributed by atoms with Crippen LogP contribution in [0.2, 0.25) is 5.02 Å². The van der Waals surface area contributed by atoms with Crippen LogP contribution in [0.15, 0.2) is 46.1 Å². The van der Waals surface area contributed by atoms with Crippen molar-refractivity contribution < 1.29 is 22.4 Å². The van der Waals surface area contributed by atoms with Gasteiger partial charge >= 0.3 is 6.18 Å². The average molecular weight is 425 g/mol. The summed E-state index contributed by atoms with van der Waals surface area (Å²) in [6, 6.07) is 6.80. The SMILES string of the molecule is O=C(Cn1cnc2occ(-c3ccc(Cl)cc3)c2c1=O)C1CC[C@@H](C(F)(F)F)C1. The number of benzene rings is 1. The van der Waals surface area contributed by atoms with Crippen molar-refractivity contribution >= 4 is 28.5 Å². The van der Waals surface area contributed by atoms with Gasteiger partial charge in [0.1, 0.15) is 18.0 Å². The van der Waals surface area contributed by atoms with Crippen molar-refractivity contribution in [3.8, 4) is 11.1 Å². The number of nitrogens with zero attached hydrogens (tertiary/aromatic N) is 2. The Morgan fingerprint density at radius 3 is 2.62 bits per heavy atom. The first-order chi connectivity index (χ1) is 13.7. The van der Waals surface area contributed by atoms with Gasteiger partial charge in [-0.25, -0.2) is 4.98 Å². The first kappa shape index (κ1) is 19.7. The third kappa shape index (κ3) is 3.81. The van der Waals surface area contributed by atoms with Crippen LogP contribution in [0.5, 0.6) is 0 Å². The fourth-order valence-corrected chi connectivity index (χ4v) is 3.92. The summed E-state index contributed by atoms with van der Waals surface area (Å²) in [5.41, 5.74) is 0.850. The minimum Gasteiger partial charge on any atom is -0.445 e. The fourth-order valence-electron chi connectivity index (χ4n) is 3.79. The lowest BCUT2D eigenvalue weighted by molar-refractivity contribution is -0.173. The van der Waals surface area contributed by atoms with Crippen molar-refractivity contribution in [3.63, 3.8) is 0 Å². The van der Waals surface area contributed by atoms with Crippen LogP contribution in [0.4, 0.5) is 13.2 Å². The van der Waals surface area contributed by atoms with Crippen LogP contribution in [0.1, 0.15) is 19.3 Å². The Bertz CT molecular complexity index is 1120. The number of rotatable bonds is 4. The molecule has 0 radical (unpaired) electrons. The van der Waals surface area contributed by atoms with E-state index in [1.165, 1.54) is 12.6 Å². The third-order valence-electron chi connectivity index (χ3n) is 5.39. The molecule has 5 nitrogen and oxygen atoms in total. The van der Waals surface area contributed by atoms with Gasteiger partial charge < -0.3 is 4.42 Å². The lowest BCUT2D eigenvalue weighted by atomic mass is 10.00. The number of Topliss-reactive ketones (excluding diaryl/α,β-unsaturated/α-hetero) is 1. The normalized spacial score (nSPS) is 19.7. The number of aromatic nitrogens is 2. The number of hydrogen-bond acceptors (Lipinski definition) is 4. The van der Waals surface area contributed by atoms with E-state index in [4.69, 9.17) is 16.0 Å². The molecule has 0 N–H and O–H groups in total. The van der Waals surface area contributed by atoms with Gasteiger partial charge in [-0.1, -0.05) is 23.7 Å². The molecule has 0 saturated heterocycles. The smallest absolute Gasteiger partial charge is 0.391 e. The molecule has 2 aromatic heterocycles. The molecule has 1 fully saturated rings. The zero-order chi connectivity index (χ0) is 20.8. The van der Waals surface area contributed by atoms with E-state index in [9.17, 15) is 22.8 Å². The van der Waals surface area contributed by atoms with E-state index in [-0.39, 0.29) is 36.9 Å². The summed E-state index contributed by atoms with van der Waals surface area (Å²) in [5.74, 6) is -2.56. The highest BCUT2D eigenvalue weighted by Crippen LogP contribution is 2.42. The molecule has 3 aromatic rings. The highest BCUT2D eigenvalue weighted by molar-refractivity contribution is 6.30. The Balaban J connectivity index is 1.61. The molecular weight excluding hydrogens is 409 g/mol. The van der Waals surface area contributed by atoms with Crippen LogP contribution in [-0.2, 0) is 11.3 Å². The summed E-state index contributed by atoms with van der Waals surface area (Å²) < 4.78 is 45.1. The maximum atomic E-state index is 12.9. The van der Waals surface area contributed by atoms with E-state index in [2.05, 4.69) is 4.98 Å². The number of hydrogen-bond donors (Lipinski definition) is 0. The molecule has 0 spiro atoms. The van der Waals surface area contributed by atoms with Crippen LogP contribution < -0.4 is 5.56 Å². The van der Waals surface area contributed by atoms with Gasteiger partial charge in [-0.05, 0) is 37.0 Å². The lowest BCUT2D eigenvalue weighted by Crippen LogP contribution is -2.28. The summed E-state index contributed by atoms with van der Waals surface area (Å²) >= 11 is 5.90. The second kappa shape index (κ2) is 7.33. The van der Waals surface area contributed by atoms with Crippen LogP contribution in [0.3, 0.4) is 0 Å². The first-order valence-electron chi connectivity index (χ1n) is 9.06. The molecule has 29 heavy (non-hydrogen) atoms. The standard InChI is InChI=1S/C20H16ClF3N2O3/c21-14-5-2-11(3-6-14)15-9-29-18-17(15)19(28)26(10-25-18)8-16(27)12-1-4-13(7-12)20(22,23)24/h2-3,5-6,9-10,12-13H,1,4,7-8H2/t12?,13-/m1/s1. The number of ketones is 1. The van der Waals surface area contributed by atoms with E-state index in [1.54, 1.807) is 24.3 Å². The van der Waals surface area contributed by atoms with Gasteiger partial charge in [-0.3, -0.25) is 14.2 Å². The zero-order valence-electron chi connectivity index (χ0n) is 15.1. The second-order valence-electron chi connectivity index (χ2n) is 7.23. The Kier molecular flexibility index (Phi) is 4.98. The van der Waals surface area contributed by atoms with E-state index in [0.717, 1.165) is 4.57 Å². The van der Waals surface area contributed by atoms with Crippen LogP contribution in [-0.4, -0.2) is 21.5 Å². The number of alkyl halides is 3. The number of furan rings is 1. The molecule has 1 aromatic carbocycles. The second-order valence-corrected chi connectivity index (χ2v) is 7.67. The summed E-state index contributed by atoms with van der Waals surface area (Å²) in [5, 5.41) is 0.749. The van der Waals surface area contributed by atoms with Gasteiger partial charge in [0.25, 0.3) is 5.56 Å². The topological polar surface area (TPSA) is 65.1 Å². The van der Waals surface area contributed by atoms with Crippen molar-refractivity contribution in [2.45, 2.75) is 32.0 Å². The highest BCUT2D eigenvalue weighted by Gasteiger charge is 2.45. The van der Waals surface area contributed by atoms with E-state index >= 15 is 0 Å². The summed E-state index contributed by atoms with van der Waals surface area (Å²) in [6.07, 6.45) is -1.82. The molecule has 1 aliphatic carbocycles. The van der Waals surface area contributed by atoms with Gasteiger partial charge in [0, 0.05) is 16.5 Å². The minimum atomic E-state index is -4.30. The van der Waals surface area contributed by atoms with Crippen LogP contribution in [0, 0.1) is 11.8 Å². The number of fused-ring (bicyclic) bond motifs is 1.